The Morgan fingerprint density at radius 3 is 2.74 bits per heavy atom. The summed E-state index contributed by atoms with van der Waals surface area (Å²) >= 11 is 0. The predicted octanol–water partition coefficient (Wildman–Crippen LogP) is 5.41. The van der Waals surface area contributed by atoms with E-state index in [4.69, 9.17) is 4.99 Å². The number of aliphatic carboxylic acids is 1. The lowest BCUT2D eigenvalue weighted by Gasteiger charge is -2.45. The molecular formula is C29H39N3O2. The molecule has 1 aliphatic carbocycles. The molecule has 0 saturated carbocycles. The second-order valence-corrected chi connectivity index (χ2v) is 10.1. The molecule has 5 nitrogen and oxygen atoms in total. The molecule has 5 heteroatoms. The number of allylic oxidation sites excluding steroid dienone is 3. The zero-order valence-electron chi connectivity index (χ0n) is 20.7. The summed E-state index contributed by atoms with van der Waals surface area (Å²) in [5, 5.41) is 9.21. The molecule has 2 heterocycles. The van der Waals surface area contributed by atoms with Crippen molar-refractivity contribution in [3.05, 3.63) is 65.3 Å². The third-order valence-corrected chi connectivity index (χ3v) is 7.24. The molecule has 34 heavy (non-hydrogen) atoms. The molecule has 3 atom stereocenters. The van der Waals surface area contributed by atoms with Gasteiger partial charge in [0, 0.05) is 44.9 Å². The second kappa shape index (κ2) is 11.8. The lowest BCUT2D eigenvalue weighted by molar-refractivity contribution is -0.136. The first-order valence-electron chi connectivity index (χ1n) is 12.9. The fraction of sp³-hybridized carbons (Fsp3) is 0.517. The third-order valence-electron chi connectivity index (χ3n) is 7.24. The Bertz CT molecular complexity index is 963. The summed E-state index contributed by atoms with van der Waals surface area (Å²) in [5.41, 5.74) is 4.72. The van der Waals surface area contributed by atoms with Crippen LogP contribution in [0.5, 0.6) is 0 Å². The minimum Gasteiger partial charge on any atom is -0.481 e. The molecule has 182 valence electrons. The van der Waals surface area contributed by atoms with Crippen LogP contribution >= 0.6 is 0 Å². The number of hydrogen-bond acceptors (Lipinski definition) is 4. The van der Waals surface area contributed by atoms with Crippen LogP contribution in [0.25, 0.3) is 5.57 Å². The first-order chi connectivity index (χ1) is 16.5. The van der Waals surface area contributed by atoms with Gasteiger partial charge >= 0.3 is 5.97 Å². The number of dihydropyridines is 1. The highest BCUT2D eigenvalue weighted by molar-refractivity contribution is 6.10. The van der Waals surface area contributed by atoms with E-state index in [9.17, 15) is 9.90 Å². The number of nitrogens with zero attached hydrogens (tertiary/aromatic N) is 3. The average molecular weight is 462 g/mol. The van der Waals surface area contributed by atoms with E-state index < -0.39 is 5.97 Å². The summed E-state index contributed by atoms with van der Waals surface area (Å²) < 4.78 is 0. The van der Waals surface area contributed by atoms with Crippen molar-refractivity contribution in [3.8, 4) is 0 Å². The largest absolute Gasteiger partial charge is 0.481 e. The van der Waals surface area contributed by atoms with Crippen molar-refractivity contribution in [2.75, 3.05) is 26.2 Å². The van der Waals surface area contributed by atoms with Gasteiger partial charge in [-0.25, -0.2) is 0 Å². The molecule has 1 aromatic rings. The first kappa shape index (κ1) is 24.6. The van der Waals surface area contributed by atoms with E-state index in [0.717, 1.165) is 44.6 Å². The van der Waals surface area contributed by atoms with Gasteiger partial charge in [-0.15, -0.1) is 0 Å². The van der Waals surface area contributed by atoms with Crippen LogP contribution in [-0.2, 0) is 4.79 Å². The highest BCUT2D eigenvalue weighted by Crippen LogP contribution is 2.28. The average Bonchev–Trinajstić information content (AvgIpc) is 2.83. The molecule has 1 saturated heterocycles. The van der Waals surface area contributed by atoms with Crippen LogP contribution in [0.15, 0.2) is 64.7 Å². The van der Waals surface area contributed by atoms with E-state index >= 15 is 0 Å². The number of hydrogen-bond donors (Lipinski definition) is 1. The smallest absolute Gasteiger partial charge is 0.307 e. The highest BCUT2D eigenvalue weighted by Gasteiger charge is 2.32. The number of carboxylic acid groups (broad SMARTS) is 1. The van der Waals surface area contributed by atoms with Gasteiger partial charge in [0.05, 0.1) is 6.42 Å². The van der Waals surface area contributed by atoms with Crippen molar-refractivity contribution in [1.29, 1.82) is 0 Å². The van der Waals surface area contributed by atoms with E-state index in [1.807, 2.05) is 0 Å². The molecule has 2 aliphatic heterocycles. The van der Waals surface area contributed by atoms with Crippen molar-refractivity contribution in [2.24, 2.45) is 10.9 Å². The Hall–Kier alpha value is -2.50. The number of unbranched alkanes of at least 4 members (excludes halogenated alkanes) is 1. The lowest BCUT2D eigenvalue weighted by Crippen LogP contribution is -2.56. The van der Waals surface area contributed by atoms with E-state index in [1.165, 1.54) is 36.0 Å². The number of carboxylic acids is 1. The summed E-state index contributed by atoms with van der Waals surface area (Å²) in [6.45, 7) is 8.56. The minimum atomic E-state index is -0.748. The van der Waals surface area contributed by atoms with Gasteiger partial charge in [0.15, 0.2) is 0 Å². The Kier molecular flexibility index (Phi) is 8.52. The van der Waals surface area contributed by atoms with Crippen LogP contribution in [0.1, 0.15) is 57.9 Å². The normalized spacial score (nSPS) is 26.1. The molecular weight excluding hydrogens is 422 g/mol. The SMILES string of the molecule is CCCC[C@@H]1CN(CC2C=C(CC(=O)O)C=C(C)C2)CCN1C1CC=C(c2ccccc2)C=N1. The zero-order chi connectivity index (χ0) is 23.9. The monoisotopic (exact) mass is 461 g/mol. The van der Waals surface area contributed by atoms with E-state index in [1.54, 1.807) is 0 Å². The summed E-state index contributed by atoms with van der Waals surface area (Å²) in [5.74, 6) is -0.344. The van der Waals surface area contributed by atoms with Crippen LogP contribution < -0.4 is 0 Å². The van der Waals surface area contributed by atoms with Gasteiger partial charge in [-0.2, -0.15) is 0 Å². The van der Waals surface area contributed by atoms with E-state index in [-0.39, 0.29) is 12.6 Å². The molecule has 1 N–H and O–H groups in total. The quantitative estimate of drug-likeness (QED) is 0.534. The van der Waals surface area contributed by atoms with Gasteiger partial charge in [-0.3, -0.25) is 19.6 Å². The van der Waals surface area contributed by atoms with Gasteiger partial charge < -0.3 is 5.11 Å². The van der Waals surface area contributed by atoms with Gasteiger partial charge in [0.1, 0.15) is 6.17 Å². The lowest BCUT2D eigenvalue weighted by atomic mass is 9.89. The maximum absolute atomic E-state index is 11.2. The number of carbonyl (C=O) groups is 1. The fourth-order valence-electron chi connectivity index (χ4n) is 5.68. The molecule has 1 fully saturated rings. The molecule has 1 aromatic carbocycles. The first-order valence-corrected chi connectivity index (χ1v) is 12.9. The van der Waals surface area contributed by atoms with Crippen molar-refractivity contribution in [2.45, 2.75) is 64.6 Å². The molecule has 0 spiro atoms. The van der Waals surface area contributed by atoms with Crippen molar-refractivity contribution in [3.63, 3.8) is 0 Å². The Morgan fingerprint density at radius 1 is 1.21 bits per heavy atom. The molecule has 3 aliphatic rings. The summed E-state index contributed by atoms with van der Waals surface area (Å²) in [6, 6.07) is 11.0. The third kappa shape index (κ3) is 6.55. The van der Waals surface area contributed by atoms with Gasteiger partial charge in [-0.1, -0.05) is 73.9 Å². The molecule has 0 aromatic heterocycles. The summed E-state index contributed by atoms with van der Waals surface area (Å²) in [7, 11) is 0. The number of piperazine rings is 1. The predicted molar refractivity (Wildman–Crippen MR) is 140 cm³/mol. The molecule has 4 rings (SSSR count). The minimum absolute atomic E-state index is 0.124. The molecule has 2 unspecified atom stereocenters. The van der Waals surface area contributed by atoms with Crippen molar-refractivity contribution < 1.29 is 9.90 Å². The highest BCUT2D eigenvalue weighted by atomic mass is 16.4. The van der Waals surface area contributed by atoms with Crippen LogP contribution in [0.4, 0.5) is 0 Å². The van der Waals surface area contributed by atoms with Crippen LogP contribution in [0, 0.1) is 5.92 Å². The van der Waals surface area contributed by atoms with Gasteiger partial charge in [-0.05, 0) is 42.4 Å². The molecule has 0 amide bonds. The molecule has 0 radical (unpaired) electrons. The van der Waals surface area contributed by atoms with Crippen molar-refractivity contribution >= 4 is 17.8 Å². The van der Waals surface area contributed by atoms with E-state index in [2.05, 4.69) is 78.4 Å². The number of rotatable bonds is 9. The maximum Gasteiger partial charge on any atom is 0.307 e. The maximum atomic E-state index is 11.2. The second-order valence-electron chi connectivity index (χ2n) is 10.1. The fourth-order valence-corrected chi connectivity index (χ4v) is 5.68. The number of benzene rings is 1. The van der Waals surface area contributed by atoms with E-state index in [0.29, 0.717) is 12.0 Å². The van der Waals surface area contributed by atoms with Crippen LogP contribution in [0.2, 0.25) is 0 Å². The van der Waals surface area contributed by atoms with Gasteiger partial charge in [0.25, 0.3) is 0 Å². The Balaban J connectivity index is 1.38. The molecule has 0 bridgehead atoms. The Morgan fingerprint density at radius 2 is 2.03 bits per heavy atom. The van der Waals surface area contributed by atoms with Crippen LogP contribution in [-0.4, -0.2) is 65.5 Å². The van der Waals surface area contributed by atoms with Crippen molar-refractivity contribution in [1.82, 2.24) is 9.80 Å². The standard InChI is InChI=1S/C29H39N3O2/c1-3-4-10-27-21-31(20-24-16-22(2)15-23(17-24)18-29(33)34)13-14-32(27)28-12-11-26(19-30-28)25-8-6-5-7-9-25/h5-9,11,15,17,19,24,27-28H,3-4,10,12-14,16,18,20-21H2,1-2H3,(H,33,34)/t24?,27-,28?/m1/s1. The van der Waals surface area contributed by atoms with Crippen LogP contribution in [0.3, 0.4) is 0 Å². The summed E-state index contributed by atoms with van der Waals surface area (Å²) in [4.78, 5) is 21.4. The topological polar surface area (TPSA) is 56.1 Å². The van der Waals surface area contributed by atoms with Gasteiger partial charge in [0.2, 0.25) is 0 Å². The summed E-state index contributed by atoms with van der Waals surface area (Å²) in [6.07, 6.45) is 14.7. The zero-order valence-corrected chi connectivity index (χ0v) is 20.7. The Labute approximate surface area is 204 Å². The number of aliphatic imine (C=N–C) groups is 1.